The zero-order chi connectivity index (χ0) is 14.5. The third kappa shape index (κ3) is 3.35. The van der Waals surface area contributed by atoms with Crippen molar-refractivity contribution in [2.24, 2.45) is 0 Å². The van der Waals surface area contributed by atoms with Gasteiger partial charge in [-0.15, -0.1) is 0 Å². The van der Waals surface area contributed by atoms with Gasteiger partial charge in [-0.05, 0) is 24.3 Å². The maximum atomic E-state index is 11.8. The zero-order valence-corrected chi connectivity index (χ0v) is 10.7. The molecule has 0 aliphatic carbocycles. The van der Waals surface area contributed by atoms with E-state index in [9.17, 15) is 9.59 Å². The minimum Gasteiger partial charge on any atom is -0.497 e. The quantitative estimate of drug-likeness (QED) is 0.856. The molecule has 104 valence electrons. The maximum Gasteiger partial charge on any atom is 0.338 e. The topological polar surface area (TPSA) is 93.5 Å². The summed E-state index contributed by atoms with van der Waals surface area (Å²) in [7, 11) is 1.56. The van der Waals surface area contributed by atoms with Gasteiger partial charge in [0.1, 0.15) is 12.3 Å². The van der Waals surface area contributed by atoms with Crippen molar-refractivity contribution in [2.75, 3.05) is 12.4 Å². The van der Waals surface area contributed by atoms with Gasteiger partial charge in [0.2, 0.25) is 5.91 Å². The van der Waals surface area contributed by atoms with E-state index in [2.05, 4.69) is 10.4 Å². The monoisotopic (exact) mass is 275 g/mol. The van der Waals surface area contributed by atoms with Gasteiger partial charge in [0.15, 0.2) is 0 Å². The molecule has 0 spiro atoms. The Kier molecular flexibility index (Phi) is 3.99. The first-order valence-electron chi connectivity index (χ1n) is 5.78. The Bertz CT molecular complexity index is 619. The van der Waals surface area contributed by atoms with E-state index >= 15 is 0 Å². The fourth-order valence-corrected chi connectivity index (χ4v) is 1.58. The molecule has 2 aromatic rings. The number of nitrogens with zero attached hydrogens (tertiary/aromatic N) is 2. The number of aromatic carboxylic acids is 1. The second-order valence-corrected chi connectivity index (χ2v) is 4.01. The molecule has 1 amide bonds. The summed E-state index contributed by atoms with van der Waals surface area (Å²) in [5.74, 6) is -0.678. The molecule has 7 nitrogen and oxygen atoms in total. The smallest absolute Gasteiger partial charge is 0.338 e. The molecule has 7 heteroatoms. The summed E-state index contributed by atoms with van der Waals surface area (Å²) in [6.45, 7) is -0.0562. The predicted molar refractivity (Wildman–Crippen MR) is 70.8 cm³/mol. The number of hydrogen-bond acceptors (Lipinski definition) is 4. The van der Waals surface area contributed by atoms with Crippen molar-refractivity contribution >= 4 is 17.6 Å². The number of aromatic nitrogens is 2. The van der Waals surface area contributed by atoms with Crippen LogP contribution < -0.4 is 10.1 Å². The fraction of sp³-hybridized carbons (Fsp3) is 0.154. The molecule has 0 aliphatic rings. The third-order valence-electron chi connectivity index (χ3n) is 2.56. The fourth-order valence-electron chi connectivity index (χ4n) is 1.58. The normalized spacial score (nSPS) is 10.1. The summed E-state index contributed by atoms with van der Waals surface area (Å²) < 4.78 is 6.28. The number of amides is 1. The number of ether oxygens (including phenoxy) is 1. The number of nitrogens with one attached hydrogen (secondary N) is 1. The summed E-state index contributed by atoms with van der Waals surface area (Å²) in [6.07, 6.45) is 2.50. The van der Waals surface area contributed by atoms with Gasteiger partial charge in [-0.25, -0.2) is 4.79 Å². The highest BCUT2D eigenvalue weighted by Gasteiger charge is 2.09. The highest BCUT2D eigenvalue weighted by Crippen LogP contribution is 2.14. The Hall–Kier alpha value is -2.83. The number of carboxylic acid groups (broad SMARTS) is 1. The molecule has 2 rings (SSSR count). The summed E-state index contributed by atoms with van der Waals surface area (Å²) >= 11 is 0. The van der Waals surface area contributed by atoms with Gasteiger partial charge >= 0.3 is 5.97 Å². The Morgan fingerprint density at radius 2 is 2.05 bits per heavy atom. The molecule has 1 aromatic heterocycles. The van der Waals surface area contributed by atoms with Gasteiger partial charge < -0.3 is 15.2 Å². The van der Waals surface area contributed by atoms with Crippen LogP contribution in [0.4, 0.5) is 5.69 Å². The van der Waals surface area contributed by atoms with Crippen molar-refractivity contribution < 1.29 is 19.4 Å². The van der Waals surface area contributed by atoms with Crippen molar-refractivity contribution in [3.8, 4) is 5.75 Å². The summed E-state index contributed by atoms with van der Waals surface area (Å²) in [5.41, 5.74) is 0.670. The summed E-state index contributed by atoms with van der Waals surface area (Å²) in [4.78, 5) is 22.5. The number of carbonyl (C=O) groups is 2. The van der Waals surface area contributed by atoms with Crippen molar-refractivity contribution in [1.82, 2.24) is 9.78 Å². The van der Waals surface area contributed by atoms with E-state index in [0.29, 0.717) is 11.4 Å². The van der Waals surface area contributed by atoms with E-state index in [1.807, 2.05) is 0 Å². The van der Waals surface area contributed by atoms with E-state index in [4.69, 9.17) is 9.84 Å². The number of rotatable bonds is 5. The minimum atomic E-state index is -1.08. The number of benzene rings is 1. The molecule has 0 aliphatic heterocycles. The number of carbonyl (C=O) groups excluding carboxylic acids is 1. The second kappa shape index (κ2) is 5.87. The second-order valence-electron chi connectivity index (χ2n) is 4.01. The van der Waals surface area contributed by atoms with Gasteiger partial charge in [0, 0.05) is 11.9 Å². The van der Waals surface area contributed by atoms with E-state index in [-0.39, 0.29) is 18.0 Å². The molecule has 20 heavy (non-hydrogen) atoms. The standard InChI is InChI=1S/C13H13N3O4/c1-20-11-4-2-10(3-5-11)15-12(17)8-16-7-9(6-14-16)13(18)19/h2-7H,8H2,1H3,(H,15,17)(H,18,19). The molecular weight excluding hydrogens is 262 g/mol. The van der Waals surface area contributed by atoms with Crippen LogP contribution in [0.5, 0.6) is 5.75 Å². The van der Waals surface area contributed by atoms with Crippen LogP contribution in [0.15, 0.2) is 36.7 Å². The van der Waals surface area contributed by atoms with E-state index in [1.54, 1.807) is 31.4 Å². The zero-order valence-electron chi connectivity index (χ0n) is 10.7. The SMILES string of the molecule is COc1ccc(NC(=O)Cn2cc(C(=O)O)cn2)cc1. The molecule has 0 fully saturated rings. The molecule has 1 heterocycles. The lowest BCUT2D eigenvalue weighted by atomic mass is 10.3. The first kappa shape index (κ1) is 13.6. The molecule has 0 atom stereocenters. The third-order valence-corrected chi connectivity index (χ3v) is 2.56. The molecule has 2 N–H and O–H groups in total. The van der Waals surface area contributed by atoms with Crippen LogP contribution in [-0.4, -0.2) is 33.9 Å². The number of hydrogen-bond donors (Lipinski definition) is 2. The highest BCUT2D eigenvalue weighted by molar-refractivity contribution is 5.91. The van der Waals surface area contributed by atoms with Crippen LogP contribution >= 0.6 is 0 Å². The molecule has 0 saturated heterocycles. The molecule has 1 aromatic carbocycles. The van der Waals surface area contributed by atoms with Crippen molar-refractivity contribution in [3.63, 3.8) is 0 Å². The Balaban J connectivity index is 1.95. The minimum absolute atomic E-state index is 0.0437. The van der Waals surface area contributed by atoms with Crippen LogP contribution in [0.2, 0.25) is 0 Å². The van der Waals surface area contributed by atoms with Crippen LogP contribution in [0, 0.1) is 0 Å². The molecular formula is C13H13N3O4. The van der Waals surface area contributed by atoms with Crippen LogP contribution in [0.3, 0.4) is 0 Å². The predicted octanol–water partition coefficient (Wildman–Crippen LogP) is 1.23. The van der Waals surface area contributed by atoms with Gasteiger partial charge in [-0.3, -0.25) is 9.48 Å². The lowest BCUT2D eigenvalue weighted by Crippen LogP contribution is -2.19. The van der Waals surface area contributed by atoms with Crippen LogP contribution in [0.1, 0.15) is 10.4 Å². The maximum absolute atomic E-state index is 11.8. The summed E-state index contributed by atoms with van der Waals surface area (Å²) in [6, 6.07) is 6.88. The van der Waals surface area contributed by atoms with E-state index < -0.39 is 5.97 Å². The summed E-state index contributed by atoms with van der Waals surface area (Å²) in [5, 5.41) is 15.2. The van der Waals surface area contributed by atoms with Crippen molar-refractivity contribution in [2.45, 2.75) is 6.54 Å². The van der Waals surface area contributed by atoms with Gasteiger partial charge in [0.25, 0.3) is 0 Å². The van der Waals surface area contributed by atoms with Crippen LogP contribution in [0.25, 0.3) is 0 Å². The molecule has 0 saturated carbocycles. The molecule has 0 unspecified atom stereocenters. The molecule has 0 radical (unpaired) electrons. The lowest BCUT2D eigenvalue weighted by Gasteiger charge is -2.06. The Morgan fingerprint density at radius 3 is 2.60 bits per heavy atom. The number of carboxylic acids is 1. The van der Waals surface area contributed by atoms with Crippen molar-refractivity contribution in [3.05, 3.63) is 42.2 Å². The first-order valence-corrected chi connectivity index (χ1v) is 5.78. The Labute approximate surface area is 114 Å². The molecule has 0 bridgehead atoms. The average molecular weight is 275 g/mol. The number of methoxy groups -OCH3 is 1. The van der Waals surface area contributed by atoms with Gasteiger partial charge in [0.05, 0.1) is 18.9 Å². The highest BCUT2D eigenvalue weighted by atomic mass is 16.5. The van der Waals surface area contributed by atoms with E-state index in [0.717, 1.165) is 0 Å². The largest absolute Gasteiger partial charge is 0.497 e. The van der Waals surface area contributed by atoms with Gasteiger partial charge in [-0.1, -0.05) is 0 Å². The Morgan fingerprint density at radius 1 is 1.35 bits per heavy atom. The van der Waals surface area contributed by atoms with Crippen molar-refractivity contribution in [1.29, 1.82) is 0 Å². The number of anilines is 1. The average Bonchev–Trinajstić information content (AvgIpc) is 2.88. The lowest BCUT2D eigenvalue weighted by molar-refractivity contribution is -0.116. The first-order chi connectivity index (χ1) is 9.58. The van der Waals surface area contributed by atoms with Crippen LogP contribution in [-0.2, 0) is 11.3 Å². The van der Waals surface area contributed by atoms with Gasteiger partial charge in [-0.2, -0.15) is 5.10 Å². The van der Waals surface area contributed by atoms with E-state index in [1.165, 1.54) is 17.1 Å².